The molecule has 0 radical (unpaired) electrons. The summed E-state index contributed by atoms with van der Waals surface area (Å²) in [6.07, 6.45) is 4.37. The summed E-state index contributed by atoms with van der Waals surface area (Å²) in [5.74, 6) is 1.03. The van der Waals surface area contributed by atoms with Gasteiger partial charge in [0, 0.05) is 30.8 Å². The Morgan fingerprint density at radius 2 is 2.29 bits per heavy atom. The predicted molar refractivity (Wildman–Crippen MR) is 76.9 cm³/mol. The van der Waals surface area contributed by atoms with E-state index in [1.54, 1.807) is 7.11 Å². The fraction of sp³-hybridized carbons (Fsp3) is 0.750. The number of ether oxygens (including phenoxy) is 1. The SMILES string of the molecule is CCCc1nc(CSC)sc1CNCCOC. The second-order valence-electron chi connectivity index (χ2n) is 3.83. The van der Waals surface area contributed by atoms with Crippen LogP contribution in [0.4, 0.5) is 0 Å². The number of rotatable bonds is 9. The summed E-state index contributed by atoms with van der Waals surface area (Å²) in [5.41, 5.74) is 1.28. The average molecular weight is 274 g/mol. The Labute approximate surface area is 112 Å². The van der Waals surface area contributed by atoms with Crippen molar-refractivity contribution in [2.75, 3.05) is 26.5 Å². The minimum Gasteiger partial charge on any atom is -0.383 e. The topological polar surface area (TPSA) is 34.2 Å². The highest BCUT2D eigenvalue weighted by atomic mass is 32.2. The van der Waals surface area contributed by atoms with Gasteiger partial charge in [0.1, 0.15) is 5.01 Å². The van der Waals surface area contributed by atoms with Gasteiger partial charge in [-0.3, -0.25) is 0 Å². The van der Waals surface area contributed by atoms with Crippen LogP contribution in [0.3, 0.4) is 0 Å². The van der Waals surface area contributed by atoms with Gasteiger partial charge in [0.05, 0.1) is 12.3 Å². The van der Waals surface area contributed by atoms with E-state index in [1.165, 1.54) is 15.6 Å². The lowest BCUT2D eigenvalue weighted by Gasteiger charge is -2.03. The van der Waals surface area contributed by atoms with E-state index >= 15 is 0 Å². The summed E-state index contributed by atoms with van der Waals surface area (Å²) >= 11 is 3.68. The van der Waals surface area contributed by atoms with Crippen molar-refractivity contribution in [3.8, 4) is 0 Å². The van der Waals surface area contributed by atoms with E-state index in [4.69, 9.17) is 9.72 Å². The molecule has 0 aliphatic carbocycles. The number of aromatic nitrogens is 1. The molecular formula is C12H22N2OS2. The fourth-order valence-corrected chi connectivity index (χ4v) is 3.35. The molecule has 0 spiro atoms. The first-order valence-corrected chi connectivity index (χ1v) is 8.18. The van der Waals surface area contributed by atoms with Crippen molar-refractivity contribution in [2.45, 2.75) is 32.1 Å². The maximum atomic E-state index is 5.02. The minimum absolute atomic E-state index is 0.763. The van der Waals surface area contributed by atoms with Crippen LogP contribution in [-0.2, 0) is 23.5 Å². The van der Waals surface area contributed by atoms with Crippen LogP contribution < -0.4 is 5.32 Å². The molecule has 1 rings (SSSR count). The highest BCUT2D eigenvalue weighted by molar-refractivity contribution is 7.97. The number of nitrogens with one attached hydrogen (secondary N) is 1. The van der Waals surface area contributed by atoms with E-state index in [2.05, 4.69) is 18.5 Å². The molecule has 0 saturated carbocycles. The van der Waals surface area contributed by atoms with Gasteiger partial charge in [-0.2, -0.15) is 11.8 Å². The summed E-state index contributed by atoms with van der Waals surface area (Å²) in [5, 5.41) is 4.65. The smallest absolute Gasteiger partial charge is 0.103 e. The molecule has 3 nitrogen and oxygen atoms in total. The van der Waals surface area contributed by atoms with Crippen molar-refractivity contribution in [1.29, 1.82) is 0 Å². The summed E-state index contributed by atoms with van der Waals surface area (Å²) < 4.78 is 5.02. The number of hydrogen-bond acceptors (Lipinski definition) is 5. The second kappa shape index (κ2) is 8.91. The molecule has 0 unspecified atom stereocenters. The molecule has 0 aliphatic heterocycles. The van der Waals surface area contributed by atoms with Crippen LogP contribution in [0, 0.1) is 0 Å². The van der Waals surface area contributed by atoms with Crippen LogP contribution in [0.1, 0.15) is 28.9 Å². The standard InChI is InChI=1S/C12H22N2OS2/c1-4-5-10-11(8-13-6-7-15-2)17-12(14-10)9-16-3/h13H,4-9H2,1-3H3. The zero-order valence-corrected chi connectivity index (χ0v) is 12.5. The van der Waals surface area contributed by atoms with Gasteiger partial charge in [-0.05, 0) is 12.7 Å². The second-order valence-corrected chi connectivity index (χ2v) is 5.86. The third-order valence-corrected chi connectivity index (χ3v) is 4.19. The zero-order valence-electron chi connectivity index (χ0n) is 10.9. The van der Waals surface area contributed by atoms with Gasteiger partial charge in [-0.15, -0.1) is 11.3 Å². The normalized spacial score (nSPS) is 11.0. The Bertz CT molecular complexity index is 315. The lowest BCUT2D eigenvalue weighted by molar-refractivity contribution is 0.199. The Hall–Kier alpha value is -0.100. The fourth-order valence-electron chi connectivity index (χ4n) is 1.57. The highest BCUT2D eigenvalue weighted by Crippen LogP contribution is 2.22. The van der Waals surface area contributed by atoms with Crippen LogP contribution >= 0.6 is 23.1 Å². The molecule has 0 saturated heterocycles. The minimum atomic E-state index is 0.763. The van der Waals surface area contributed by atoms with Crippen molar-refractivity contribution >= 4 is 23.1 Å². The lowest BCUT2D eigenvalue weighted by atomic mass is 10.2. The van der Waals surface area contributed by atoms with Crippen LogP contribution in [-0.4, -0.2) is 31.5 Å². The van der Waals surface area contributed by atoms with E-state index in [0.29, 0.717) is 0 Å². The Balaban J connectivity index is 2.54. The molecule has 0 bridgehead atoms. The van der Waals surface area contributed by atoms with Gasteiger partial charge in [-0.25, -0.2) is 4.98 Å². The number of thioether (sulfide) groups is 1. The number of nitrogens with zero attached hydrogens (tertiary/aromatic N) is 1. The molecule has 0 atom stereocenters. The highest BCUT2D eigenvalue weighted by Gasteiger charge is 2.09. The molecule has 98 valence electrons. The van der Waals surface area contributed by atoms with Gasteiger partial charge in [0.15, 0.2) is 0 Å². The number of aryl methyl sites for hydroxylation is 1. The van der Waals surface area contributed by atoms with Gasteiger partial charge in [0.2, 0.25) is 0 Å². The quantitative estimate of drug-likeness (QED) is 0.702. The Kier molecular flexibility index (Phi) is 7.84. The van der Waals surface area contributed by atoms with Crippen molar-refractivity contribution in [2.24, 2.45) is 0 Å². The van der Waals surface area contributed by atoms with Crippen molar-refractivity contribution in [3.05, 3.63) is 15.6 Å². The van der Waals surface area contributed by atoms with Gasteiger partial charge >= 0.3 is 0 Å². The van der Waals surface area contributed by atoms with E-state index in [0.717, 1.165) is 38.3 Å². The van der Waals surface area contributed by atoms with Crippen molar-refractivity contribution < 1.29 is 4.74 Å². The Morgan fingerprint density at radius 1 is 1.47 bits per heavy atom. The zero-order chi connectivity index (χ0) is 12.5. The van der Waals surface area contributed by atoms with Crippen molar-refractivity contribution in [1.82, 2.24) is 10.3 Å². The predicted octanol–water partition coefficient (Wildman–Crippen LogP) is 2.69. The van der Waals surface area contributed by atoms with Crippen molar-refractivity contribution in [3.63, 3.8) is 0 Å². The largest absolute Gasteiger partial charge is 0.383 e. The summed E-state index contributed by atoms with van der Waals surface area (Å²) in [6, 6.07) is 0. The van der Waals surface area contributed by atoms with Crippen LogP contribution in [0.2, 0.25) is 0 Å². The Morgan fingerprint density at radius 3 is 2.94 bits per heavy atom. The average Bonchev–Trinajstić information content (AvgIpc) is 2.68. The molecule has 0 aliphatic rings. The first kappa shape index (κ1) is 15.0. The summed E-state index contributed by atoms with van der Waals surface area (Å²) in [7, 11) is 1.73. The first-order valence-electron chi connectivity index (χ1n) is 5.97. The molecule has 0 fully saturated rings. The molecule has 5 heteroatoms. The summed E-state index contributed by atoms with van der Waals surface area (Å²) in [6.45, 7) is 4.79. The lowest BCUT2D eigenvalue weighted by Crippen LogP contribution is -2.18. The third-order valence-electron chi connectivity index (χ3n) is 2.35. The van der Waals surface area contributed by atoms with E-state index in [-0.39, 0.29) is 0 Å². The van der Waals surface area contributed by atoms with E-state index in [9.17, 15) is 0 Å². The van der Waals surface area contributed by atoms with E-state index < -0.39 is 0 Å². The first-order chi connectivity index (χ1) is 8.31. The molecule has 0 amide bonds. The summed E-state index contributed by atoms with van der Waals surface area (Å²) in [4.78, 5) is 6.11. The monoisotopic (exact) mass is 274 g/mol. The van der Waals surface area contributed by atoms with Gasteiger partial charge < -0.3 is 10.1 Å². The molecule has 0 aromatic carbocycles. The number of methoxy groups -OCH3 is 1. The molecule has 1 N–H and O–H groups in total. The van der Waals surface area contributed by atoms with E-state index in [1.807, 2.05) is 23.1 Å². The molecule has 1 aromatic heterocycles. The van der Waals surface area contributed by atoms with Crippen LogP contribution in [0.5, 0.6) is 0 Å². The molecular weight excluding hydrogens is 252 g/mol. The third kappa shape index (κ3) is 5.38. The number of thiazole rings is 1. The molecule has 17 heavy (non-hydrogen) atoms. The van der Waals surface area contributed by atoms with Gasteiger partial charge in [-0.1, -0.05) is 13.3 Å². The van der Waals surface area contributed by atoms with Gasteiger partial charge in [0.25, 0.3) is 0 Å². The molecule has 1 aromatic rings. The molecule has 1 heterocycles. The number of hydrogen-bond donors (Lipinski definition) is 1. The maximum Gasteiger partial charge on any atom is 0.103 e. The van der Waals surface area contributed by atoms with Crippen LogP contribution in [0.15, 0.2) is 0 Å². The van der Waals surface area contributed by atoms with Crippen LogP contribution in [0.25, 0.3) is 0 Å². The maximum absolute atomic E-state index is 5.02.